The van der Waals surface area contributed by atoms with Gasteiger partial charge in [0.05, 0.1) is 10.9 Å². The van der Waals surface area contributed by atoms with Crippen molar-refractivity contribution in [3.63, 3.8) is 0 Å². The van der Waals surface area contributed by atoms with Crippen LogP contribution in [-0.4, -0.2) is 14.5 Å². The Labute approximate surface area is 134 Å². The van der Waals surface area contributed by atoms with Crippen LogP contribution >= 0.6 is 0 Å². The maximum Gasteiger partial charge on any atom is 0.261 e. The third-order valence-electron chi connectivity index (χ3n) is 3.96. The molecule has 23 heavy (non-hydrogen) atoms. The van der Waals surface area contributed by atoms with E-state index in [9.17, 15) is 4.79 Å². The van der Waals surface area contributed by atoms with E-state index in [-0.39, 0.29) is 11.6 Å². The molecule has 3 rings (SSSR count). The fourth-order valence-electron chi connectivity index (χ4n) is 2.85. The summed E-state index contributed by atoms with van der Waals surface area (Å²) in [4.78, 5) is 21.9. The quantitative estimate of drug-likeness (QED) is 0.785. The van der Waals surface area contributed by atoms with Gasteiger partial charge in [-0.2, -0.15) is 0 Å². The molecule has 0 aliphatic heterocycles. The molecule has 0 aliphatic rings. The van der Waals surface area contributed by atoms with Crippen LogP contribution in [0.25, 0.3) is 22.4 Å². The number of nitrogens with zero attached hydrogens (tertiary/aromatic N) is 3. The van der Waals surface area contributed by atoms with Crippen LogP contribution in [0.4, 0.5) is 0 Å². The third-order valence-corrected chi connectivity index (χ3v) is 3.96. The Bertz CT molecular complexity index is 967. The molecule has 0 spiro atoms. The van der Waals surface area contributed by atoms with E-state index in [1.165, 1.54) is 4.57 Å². The highest BCUT2D eigenvalue weighted by atomic mass is 16.4. The van der Waals surface area contributed by atoms with Crippen LogP contribution in [0.2, 0.25) is 0 Å². The van der Waals surface area contributed by atoms with Gasteiger partial charge in [0.25, 0.3) is 5.56 Å². The number of aryl methyl sites for hydroxylation is 3. The normalized spacial score (nSPS) is 12.8. The highest BCUT2D eigenvalue weighted by Gasteiger charge is 2.19. The summed E-state index contributed by atoms with van der Waals surface area (Å²) in [6.45, 7) is 7.42. The molecule has 0 bridgehead atoms. The monoisotopic (exact) mass is 312 g/mol. The lowest BCUT2D eigenvalue weighted by Gasteiger charge is -2.13. The molecule has 0 saturated heterocycles. The third kappa shape index (κ3) is 2.45. The first kappa shape index (κ1) is 15.4. The zero-order valence-electron chi connectivity index (χ0n) is 14.0. The van der Waals surface area contributed by atoms with Crippen molar-refractivity contribution in [3.8, 4) is 11.5 Å². The van der Waals surface area contributed by atoms with Crippen LogP contribution in [0.3, 0.4) is 0 Å². The zero-order valence-corrected chi connectivity index (χ0v) is 14.0. The zero-order chi connectivity index (χ0) is 16.9. The molecule has 2 aromatic heterocycles. The van der Waals surface area contributed by atoms with Crippen LogP contribution in [0.5, 0.6) is 0 Å². The summed E-state index contributed by atoms with van der Waals surface area (Å²) in [6, 6.07) is 3.61. The number of hydrogen-bond donors (Lipinski definition) is 1. The van der Waals surface area contributed by atoms with Crippen molar-refractivity contribution >= 4 is 10.9 Å². The van der Waals surface area contributed by atoms with Gasteiger partial charge in [0.15, 0.2) is 11.7 Å². The van der Waals surface area contributed by atoms with E-state index in [2.05, 4.69) is 4.98 Å². The van der Waals surface area contributed by atoms with Crippen molar-refractivity contribution in [2.24, 2.45) is 12.8 Å². The van der Waals surface area contributed by atoms with Crippen LogP contribution in [0.1, 0.15) is 35.7 Å². The summed E-state index contributed by atoms with van der Waals surface area (Å²) in [5, 5.41) is 0.571. The molecule has 1 unspecified atom stereocenters. The van der Waals surface area contributed by atoms with Gasteiger partial charge >= 0.3 is 0 Å². The smallest absolute Gasteiger partial charge is 0.261 e. The lowest BCUT2D eigenvalue weighted by molar-refractivity contribution is 0.494. The molecule has 6 heteroatoms. The Morgan fingerprint density at radius 3 is 2.48 bits per heavy atom. The Hall–Kier alpha value is -2.47. The molecule has 1 atom stereocenters. The van der Waals surface area contributed by atoms with E-state index in [4.69, 9.17) is 15.1 Å². The van der Waals surface area contributed by atoms with Gasteiger partial charge in [0.2, 0.25) is 0 Å². The number of rotatable bonds is 2. The van der Waals surface area contributed by atoms with Crippen molar-refractivity contribution in [1.82, 2.24) is 14.5 Å². The molecule has 3 aromatic rings. The topological polar surface area (TPSA) is 86.9 Å². The number of nitrogens with two attached hydrogens (primary N) is 1. The van der Waals surface area contributed by atoms with Crippen LogP contribution in [0.15, 0.2) is 21.3 Å². The van der Waals surface area contributed by atoms with Crippen LogP contribution in [-0.2, 0) is 7.05 Å². The molecule has 0 fully saturated rings. The van der Waals surface area contributed by atoms with E-state index in [1.54, 1.807) is 14.0 Å². The van der Waals surface area contributed by atoms with Gasteiger partial charge in [0, 0.05) is 20.0 Å². The molecule has 0 radical (unpaired) electrons. The first-order valence-electron chi connectivity index (χ1n) is 7.51. The minimum Gasteiger partial charge on any atom is -0.446 e. The summed E-state index contributed by atoms with van der Waals surface area (Å²) in [5.74, 6) is 1.67. The number of aromatic nitrogens is 3. The molecule has 0 amide bonds. The maximum absolute atomic E-state index is 12.8. The number of hydrogen-bond acceptors (Lipinski definition) is 5. The summed E-state index contributed by atoms with van der Waals surface area (Å²) in [7, 11) is 1.70. The maximum atomic E-state index is 12.8. The molecule has 6 nitrogen and oxygen atoms in total. The van der Waals surface area contributed by atoms with Gasteiger partial charge in [-0.3, -0.25) is 9.36 Å². The average Bonchev–Trinajstić information content (AvgIpc) is 2.81. The highest BCUT2D eigenvalue weighted by Crippen LogP contribution is 2.26. The van der Waals surface area contributed by atoms with Crippen molar-refractivity contribution in [2.45, 2.75) is 33.7 Å². The second kappa shape index (κ2) is 5.31. The van der Waals surface area contributed by atoms with Crippen molar-refractivity contribution in [1.29, 1.82) is 0 Å². The second-order valence-corrected chi connectivity index (χ2v) is 5.98. The van der Waals surface area contributed by atoms with Gasteiger partial charge in [0.1, 0.15) is 11.5 Å². The highest BCUT2D eigenvalue weighted by molar-refractivity contribution is 5.84. The molecule has 0 saturated carbocycles. The Morgan fingerprint density at radius 1 is 1.22 bits per heavy atom. The summed E-state index contributed by atoms with van der Waals surface area (Å²) < 4.78 is 6.99. The molecule has 120 valence electrons. The number of benzene rings is 1. The summed E-state index contributed by atoms with van der Waals surface area (Å²) in [5.41, 5.74) is 9.02. The van der Waals surface area contributed by atoms with E-state index in [0.29, 0.717) is 34.1 Å². The minimum atomic E-state index is -0.218. The molecular weight excluding hydrogens is 292 g/mol. The molecule has 1 aromatic carbocycles. The lowest BCUT2D eigenvalue weighted by atomic mass is 10.0. The predicted molar refractivity (Wildman–Crippen MR) is 89.3 cm³/mol. The lowest BCUT2D eigenvalue weighted by Crippen LogP contribution is -2.22. The van der Waals surface area contributed by atoms with Gasteiger partial charge in [-0.15, -0.1) is 0 Å². The number of oxazole rings is 1. The van der Waals surface area contributed by atoms with E-state index < -0.39 is 0 Å². The van der Waals surface area contributed by atoms with Crippen molar-refractivity contribution in [2.75, 3.05) is 0 Å². The van der Waals surface area contributed by atoms with E-state index >= 15 is 0 Å². The van der Waals surface area contributed by atoms with Gasteiger partial charge in [-0.25, -0.2) is 9.97 Å². The Morgan fingerprint density at radius 2 is 1.91 bits per heavy atom. The minimum absolute atomic E-state index is 0.115. The van der Waals surface area contributed by atoms with Crippen molar-refractivity contribution in [3.05, 3.63) is 45.3 Å². The van der Waals surface area contributed by atoms with Gasteiger partial charge < -0.3 is 10.2 Å². The fraction of sp³-hybridized carbons (Fsp3) is 0.353. The largest absolute Gasteiger partial charge is 0.446 e. The van der Waals surface area contributed by atoms with E-state index in [1.807, 2.05) is 32.9 Å². The molecular formula is C17H20N4O2. The van der Waals surface area contributed by atoms with Crippen LogP contribution in [0, 0.1) is 20.8 Å². The average molecular weight is 312 g/mol. The van der Waals surface area contributed by atoms with E-state index in [0.717, 1.165) is 11.1 Å². The first-order valence-corrected chi connectivity index (χ1v) is 7.51. The van der Waals surface area contributed by atoms with Crippen molar-refractivity contribution < 1.29 is 4.42 Å². The van der Waals surface area contributed by atoms with Crippen LogP contribution < -0.4 is 11.3 Å². The number of fused-ring (bicyclic) bond motifs is 1. The first-order chi connectivity index (χ1) is 10.8. The summed E-state index contributed by atoms with van der Waals surface area (Å²) >= 11 is 0. The Kier molecular flexibility index (Phi) is 3.56. The standard InChI is InChI=1S/C17H20N4O2/c1-8-6-12(9(2)18)15-13(7-8)17(22)21(5)16(20-15)14-10(3)23-11(4)19-14/h6-7,9H,18H2,1-5H3. The molecule has 2 N–H and O–H groups in total. The predicted octanol–water partition coefficient (Wildman–Crippen LogP) is 2.53. The molecule has 0 aliphatic carbocycles. The summed E-state index contributed by atoms with van der Waals surface area (Å²) in [6.07, 6.45) is 0. The van der Waals surface area contributed by atoms with Gasteiger partial charge in [-0.1, -0.05) is 6.07 Å². The second-order valence-electron chi connectivity index (χ2n) is 5.98. The molecule has 2 heterocycles. The fourth-order valence-corrected chi connectivity index (χ4v) is 2.85. The SMILES string of the molecule is Cc1cc(C(C)N)c2nc(-c3nc(C)oc3C)n(C)c(=O)c2c1. The Balaban J connectivity index is 2.44. The van der Waals surface area contributed by atoms with Gasteiger partial charge in [-0.05, 0) is 38.0 Å².